The van der Waals surface area contributed by atoms with E-state index in [0.29, 0.717) is 23.3 Å². The molecule has 2 amide bonds. The van der Waals surface area contributed by atoms with Crippen molar-refractivity contribution in [1.29, 1.82) is 0 Å². The van der Waals surface area contributed by atoms with Crippen LogP contribution in [-0.2, 0) is 4.79 Å². The number of aromatic nitrogens is 1. The van der Waals surface area contributed by atoms with Crippen molar-refractivity contribution in [3.63, 3.8) is 0 Å². The van der Waals surface area contributed by atoms with Gasteiger partial charge in [0, 0.05) is 6.54 Å². The van der Waals surface area contributed by atoms with E-state index < -0.39 is 11.9 Å². The minimum atomic E-state index is -0.539. The summed E-state index contributed by atoms with van der Waals surface area (Å²) in [5.41, 5.74) is 13.9. The summed E-state index contributed by atoms with van der Waals surface area (Å²) >= 11 is 1.30. The van der Waals surface area contributed by atoms with Gasteiger partial charge in [0.25, 0.3) is 5.91 Å². The second kappa shape index (κ2) is 6.39. The molecular weight excluding hydrogens is 348 g/mol. The molecule has 1 aliphatic carbocycles. The minimum absolute atomic E-state index is 0.176. The van der Waals surface area contributed by atoms with Crippen molar-refractivity contribution >= 4 is 28.3 Å². The van der Waals surface area contributed by atoms with Crippen LogP contribution in [0.1, 0.15) is 35.3 Å². The first-order chi connectivity index (χ1) is 12.5. The summed E-state index contributed by atoms with van der Waals surface area (Å²) in [6.07, 6.45) is 3.09. The highest BCUT2D eigenvalue weighted by Gasteiger charge is 2.49. The van der Waals surface area contributed by atoms with E-state index in [1.54, 1.807) is 4.90 Å². The van der Waals surface area contributed by atoms with Gasteiger partial charge in [-0.2, -0.15) is 0 Å². The summed E-state index contributed by atoms with van der Waals surface area (Å²) in [5.74, 6) is -0.134. The van der Waals surface area contributed by atoms with Gasteiger partial charge in [0.05, 0.1) is 4.88 Å². The highest BCUT2D eigenvalue weighted by atomic mass is 32.1. The molecule has 2 aliphatic rings. The topological polar surface area (TPSA) is 102 Å². The molecule has 4 rings (SSSR count). The van der Waals surface area contributed by atoms with Gasteiger partial charge in [-0.15, -0.1) is 0 Å². The molecule has 4 N–H and O–H groups in total. The molecule has 3 atom stereocenters. The van der Waals surface area contributed by atoms with Crippen LogP contribution in [0.15, 0.2) is 24.3 Å². The van der Waals surface area contributed by atoms with Gasteiger partial charge in [-0.1, -0.05) is 47.6 Å². The van der Waals surface area contributed by atoms with Crippen molar-refractivity contribution in [3.05, 3.63) is 35.5 Å². The number of benzene rings is 1. The molecular formula is C19H22N4O2S. The lowest BCUT2D eigenvalue weighted by Crippen LogP contribution is -2.46. The van der Waals surface area contributed by atoms with Crippen LogP contribution >= 0.6 is 11.3 Å². The maximum Gasteiger partial charge on any atom is 0.274 e. The van der Waals surface area contributed by atoms with Crippen LogP contribution in [0.4, 0.5) is 5.13 Å². The first-order valence-corrected chi connectivity index (χ1v) is 9.71. The van der Waals surface area contributed by atoms with E-state index >= 15 is 0 Å². The molecule has 1 saturated carbocycles. The van der Waals surface area contributed by atoms with Crippen molar-refractivity contribution in [2.24, 2.45) is 17.6 Å². The lowest BCUT2D eigenvalue weighted by Gasteiger charge is -2.25. The van der Waals surface area contributed by atoms with Crippen molar-refractivity contribution in [3.8, 4) is 10.4 Å². The van der Waals surface area contributed by atoms with E-state index in [2.05, 4.69) is 4.98 Å². The number of likely N-dealkylation sites (tertiary alicyclic amines) is 1. The molecule has 1 saturated heterocycles. The Balaban J connectivity index is 1.72. The maximum absolute atomic E-state index is 13.3. The average Bonchev–Trinajstić information content (AvgIpc) is 3.27. The summed E-state index contributed by atoms with van der Waals surface area (Å²) in [5, 5.41) is 0.347. The number of nitrogens with two attached hydrogens (primary N) is 2. The maximum atomic E-state index is 13.3. The molecule has 2 heterocycles. The smallest absolute Gasteiger partial charge is 0.274 e. The first-order valence-electron chi connectivity index (χ1n) is 8.89. The molecule has 136 valence electrons. The standard InChI is InChI=1S/C19H22N4O2S/c1-10-4-2-5-11(8-10)16-14(22-19(21)26-16)18(25)23-9-12-6-3-7-13(12)15(23)17(20)24/h2,4-5,8,12-13,15H,3,6-7,9H2,1H3,(H2,20,24)(H2,21,22)/t12-,13-,15-/m0/s1. The predicted octanol–water partition coefficient (Wildman–Crippen LogP) is 2.43. The highest BCUT2D eigenvalue weighted by Crippen LogP contribution is 2.43. The van der Waals surface area contributed by atoms with Crippen molar-refractivity contribution < 1.29 is 9.59 Å². The molecule has 7 heteroatoms. The Morgan fingerprint density at radius 3 is 2.85 bits per heavy atom. The number of carbonyl (C=O) groups is 2. The summed E-state index contributed by atoms with van der Waals surface area (Å²) < 4.78 is 0. The third-order valence-corrected chi connectivity index (χ3v) is 6.50. The van der Waals surface area contributed by atoms with Gasteiger partial charge in [0.1, 0.15) is 11.7 Å². The van der Waals surface area contributed by atoms with Crippen LogP contribution < -0.4 is 11.5 Å². The second-order valence-electron chi connectivity index (χ2n) is 7.26. The zero-order valence-corrected chi connectivity index (χ0v) is 15.5. The Morgan fingerprint density at radius 2 is 2.12 bits per heavy atom. The molecule has 6 nitrogen and oxygen atoms in total. The molecule has 0 unspecified atom stereocenters. The van der Waals surface area contributed by atoms with Crippen molar-refractivity contribution in [2.45, 2.75) is 32.2 Å². The number of carbonyl (C=O) groups excluding carboxylic acids is 2. The van der Waals surface area contributed by atoms with Crippen LogP contribution in [0, 0.1) is 18.8 Å². The number of nitrogens with zero attached hydrogens (tertiary/aromatic N) is 2. The number of primary amides is 1. The monoisotopic (exact) mass is 370 g/mol. The number of amides is 2. The first kappa shape index (κ1) is 17.0. The third kappa shape index (κ3) is 2.76. The van der Waals surface area contributed by atoms with Crippen LogP contribution in [0.25, 0.3) is 10.4 Å². The third-order valence-electron chi connectivity index (χ3n) is 5.57. The molecule has 26 heavy (non-hydrogen) atoms. The minimum Gasteiger partial charge on any atom is -0.375 e. The van der Waals surface area contributed by atoms with Crippen molar-refractivity contribution in [2.75, 3.05) is 12.3 Å². The quantitative estimate of drug-likeness (QED) is 0.866. The Hall–Kier alpha value is -2.41. The number of thiazole rings is 1. The van der Waals surface area contributed by atoms with Gasteiger partial charge in [0.15, 0.2) is 5.13 Å². The second-order valence-corrected chi connectivity index (χ2v) is 8.29. The molecule has 1 aromatic heterocycles. The number of aryl methyl sites for hydroxylation is 1. The Labute approximate surface area is 156 Å². The molecule has 0 spiro atoms. The molecule has 2 aromatic rings. The van der Waals surface area contributed by atoms with Crippen LogP contribution in [0.3, 0.4) is 0 Å². The van der Waals surface area contributed by atoms with Gasteiger partial charge < -0.3 is 16.4 Å². The lowest BCUT2D eigenvalue weighted by atomic mass is 9.93. The zero-order valence-electron chi connectivity index (χ0n) is 14.6. The lowest BCUT2D eigenvalue weighted by molar-refractivity contribution is -0.122. The SMILES string of the molecule is Cc1cccc(-c2sc(N)nc2C(=O)N2C[C@@H]3CCC[C@@H]3[C@H]2C(N)=O)c1. The van der Waals surface area contributed by atoms with Gasteiger partial charge in [0.2, 0.25) is 5.91 Å². The number of rotatable bonds is 3. The van der Waals surface area contributed by atoms with Crippen LogP contribution in [0.5, 0.6) is 0 Å². The Kier molecular flexibility index (Phi) is 4.19. The fraction of sp³-hybridized carbons (Fsp3) is 0.421. The number of hydrogen-bond donors (Lipinski definition) is 2. The van der Waals surface area contributed by atoms with Crippen LogP contribution in [0.2, 0.25) is 0 Å². The normalized spacial score (nSPS) is 24.7. The Bertz CT molecular complexity index is 878. The van der Waals surface area contributed by atoms with Gasteiger partial charge in [-0.3, -0.25) is 9.59 Å². The van der Waals surface area contributed by atoms with Crippen LogP contribution in [-0.4, -0.2) is 34.3 Å². The summed E-state index contributed by atoms with van der Waals surface area (Å²) in [4.78, 5) is 32.1. The molecule has 0 radical (unpaired) electrons. The van der Waals surface area contributed by atoms with E-state index in [1.807, 2.05) is 31.2 Å². The number of nitrogen functional groups attached to an aromatic ring is 1. The van der Waals surface area contributed by atoms with E-state index in [4.69, 9.17) is 11.5 Å². The Morgan fingerprint density at radius 1 is 1.31 bits per heavy atom. The van der Waals surface area contributed by atoms with E-state index in [0.717, 1.165) is 35.3 Å². The number of hydrogen-bond acceptors (Lipinski definition) is 5. The molecule has 2 fully saturated rings. The largest absolute Gasteiger partial charge is 0.375 e. The molecule has 1 aromatic carbocycles. The average molecular weight is 370 g/mol. The number of fused-ring (bicyclic) bond motifs is 1. The van der Waals surface area contributed by atoms with Gasteiger partial charge >= 0.3 is 0 Å². The van der Waals surface area contributed by atoms with E-state index in [-0.39, 0.29) is 11.8 Å². The van der Waals surface area contributed by atoms with E-state index in [1.165, 1.54) is 11.3 Å². The van der Waals surface area contributed by atoms with Crippen molar-refractivity contribution in [1.82, 2.24) is 9.88 Å². The molecule has 1 aliphatic heterocycles. The fourth-order valence-electron chi connectivity index (χ4n) is 4.48. The zero-order chi connectivity index (χ0) is 18.4. The predicted molar refractivity (Wildman–Crippen MR) is 102 cm³/mol. The fourth-order valence-corrected chi connectivity index (χ4v) is 5.30. The summed E-state index contributed by atoms with van der Waals surface area (Å²) in [6, 6.07) is 7.36. The van der Waals surface area contributed by atoms with E-state index in [9.17, 15) is 9.59 Å². The molecule has 0 bridgehead atoms. The summed E-state index contributed by atoms with van der Waals surface area (Å²) in [7, 11) is 0. The summed E-state index contributed by atoms with van der Waals surface area (Å²) in [6.45, 7) is 2.57. The van der Waals surface area contributed by atoms with Gasteiger partial charge in [-0.25, -0.2) is 4.98 Å². The highest BCUT2D eigenvalue weighted by molar-refractivity contribution is 7.19. The number of anilines is 1. The van der Waals surface area contributed by atoms with Gasteiger partial charge in [-0.05, 0) is 37.2 Å².